The lowest BCUT2D eigenvalue weighted by molar-refractivity contribution is 0.329. The van der Waals surface area contributed by atoms with Crippen LogP contribution in [0.3, 0.4) is 0 Å². The summed E-state index contributed by atoms with van der Waals surface area (Å²) in [6, 6.07) is 9.01. The van der Waals surface area contributed by atoms with Crippen LogP contribution in [0.25, 0.3) is 0 Å². The van der Waals surface area contributed by atoms with E-state index in [1.165, 1.54) is 0 Å². The number of ether oxygens (including phenoxy) is 2. The Hall–Kier alpha value is -1.87. The molecule has 4 nitrogen and oxygen atoms in total. The molecule has 0 aliphatic rings. The van der Waals surface area contributed by atoms with Gasteiger partial charge in [0.2, 0.25) is 0 Å². The third-order valence-corrected chi connectivity index (χ3v) is 4.47. The van der Waals surface area contributed by atoms with Crippen LogP contribution in [0.1, 0.15) is 11.1 Å². The second kappa shape index (κ2) is 9.57. The summed E-state index contributed by atoms with van der Waals surface area (Å²) < 4.78 is 11.5. The van der Waals surface area contributed by atoms with Gasteiger partial charge in [-0.05, 0) is 45.8 Å². The Morgan fingerprint density at radius 2 is 2.04 bits per heavy atom. The van der Waals surface area contributed by atoms with Crippen molar-refractivity contribution in [3.63, 3.8) is 0 Å². The van der Waals surface area contributed by atoms with Crippen LogP contribution >= 0.6 is 39.1 Å². The Balaban J connectivity index is 2.08. The van der Waals surface area contributed by atoms with Crippen LogP contribution in [0.4, 0.5) is 0 Å². The molecule has 25 heavy (non-hydrogen) atoms. The van der Waals surface area contributed by atoms with Crippen molar-refractivity contribution in [2.75, 3.05) is 13.7 Å². The summed E-state index contributed by atoms with van der Waals surface area (Å²) in [7, 11) is 1.56. The molecule has 2 aromatic rings. The number of hydrogen-bond donors (Lipinski definition) is 1. The number of hydrogen-bond acceptors (Lipinski definition) is 4. The van der Waals surface area contributed by atoms with Crippen LogP contribution in [0.5, 0.6) is 11.5 Å². The first-order valence-corrected chi connectivity index (χ1v) is 8.74. The standard InChI is InChI=1S/C18H15BrCl2N2O2/c1-3-7-25-18-14(19)8-12(9-17(18)24-2)10-22-23-11-13-15(20)5-4-6-16(13)21/h1,4-6,8-10,23H,7,11H2,2H3/b22-10+. The molecule has 0 bridgehead atoms. The zero-order chi connectivity index (χ0) is 18.2. The first kappa shape index (κ1) is 19.5. The highest BCUT2D eigenvalue weighted by Crippen LogP contribution is 2.36. The van der Waals surface area contributed by atoms with Gasteiger partial charge in [-0.2, -0.15) is 5.10 Å². The van der Waals surface area contributed by atoms with Gasteiger partial charge in [0.25, 0.3) is 0 Å². The number of benzene rings is 2. The molecule has 0 saturated carbocycles. The number of methoxy groups -OCH3 is 1. The minimum atomic E-state index is 0.155. The monoisotopic (exact) mass is 440 g/mol. The Kier molecular flexibility index (Phi) is 7.45. The van der Waals surface area contributed by atoms with Crippen LogP contribution in [0, 0.1) is 12.3 Å². The molecule has 2 rings (SSSR count). The van der Waals surface area contributed by atoms with Gasteiger partial charge < -0.3 is 14.9 Å². The van der Waals surface area contributed by atoms with Crippen molar-refractivity contribution in [2.45, 2.75) is 6.54 Å². The number of halogens is 3. The quantitative estimate of drug-likeness (QED) is 0.377. The number of terminal acetylenes is 1. The summed E-state index contributed by atoms with van der Waals surface area (Å²) in [6.45, 7) is 0.569. The van der Waals surface area contributed by atoms with Crippen molar-refractivity contribution in [1.82, 2.24) is 5.43 Å². The van der Waals surface area contributed by atoms with Gasteiger partial charge in [0, 0.05) is 15.6 Å². The highest BCUT2D eigenvalue weighted by atomic mass is 79.9. The molecule has 0 aliphatic carbocycles. The van der Waals surface area contributed by atoms with Gasteiger partial charge >= 0.3 is 0 Å². The van der Waals surface area contributed by atoms with Crippen molar-refractivity contribution in [3.05, 3.63) is 56.0 Å². The third kappa shape index (κ3) is 5.30. The van der Waals surface area contributed by atoms with E-state index in [9.17, 15) is 0 Å². The van der Waals surface area contributed by atoms with Crippen molar-refractivity contribution in [1.29, 1.82) is 0 Å². The van der Waals surface area contributed by atoms with Gasteiger partial charge in [-0.15, -0.1) is 6.42 Å². The Morgan fingerprint density at radius 1 is 1.32 bits per heavy atom. The van der Waals surface area contributed by atoms with E-state index in [0.29, 0.717) is 28.1 Å². The SMILES string of the molecule is C#CCOc1c(Br)cc(/C=N/NCc2c(Cl)cccc2Cl)cc1OC. The first-order chi connectivity index (χ1) is 12.1. The van der Waals surface area contributed by atoms with Crippen LogP contribution in [-0.4, -0.2) is 19.9 Å². The molecule has 0 fully saturated rings. The smallest absolute Gasteiger partial charge is 0.176 e. The molecule has 0 heterocycles. The van der Waals surface area contributed by atoms with E-state index in [4.69, 9.17) is 39.1 Å². The molecule has 0 saturated heterocycles. The van der Waals surface area contributed by atoms with E-state index >= 15 is 0 Å². The molecule has 0 unspecified atom stereocenters. The summed E-state index contributed by atoms with van der Waals surface area (Å²) in [5.74, 6) is 3.52. The van der Waals surface area contributed by atoms with Crippen molar-refractivity contribution >= 4 is 45.3 Å². The molecule has 0 amide bonds. The zero-order valence-electron chi connectivity index (χ0n) is 13.4. The largest absolute Gasteiger partial charge is 0.493 e. The number of rotatable bonds is 7. The molecule has 0 aliphatic heterocycles. The van der Waals surface area contributed by atoms with Gasteiger partial charge in [-0.25, -0.2) is 0 Å². The van der Waals surface area contributed by atoms with E-state index in [2.05, 4.69) is 32.4 Å². The van der Waals surface area contributed by atoms with Gasteiger partial charge in [0.1, 0.15) is 6.61 Å². The molecule has 1 N–H and O–H groups in total. The van der Waals surface area contributed by atoms with Crippen LogP contribution in [-0.2, 0) is 6.54 Å². The van der Waals surface area contributed by atoms with E-state index < -0.39 is 0 Å². The molecule has 130 valence electrons. The first-order valence-electron chi connectivity index (χ1n) is 7.19. The summed E-state index contributed by atoms with van der Waals surface area (Å²) in [5, 5.41) is 5.37. The Bertz CT molecular complexity index is 799. The van der Waals surface area contributed by atoms with Crippen LogP contribution in [0.2, 0.25) is 10.0 Å². The Labute approximate surface area is 165 Å². The van der Waals surface area contributed by atoms with E-state index in [1.807, 2.05) is 6.07 Å². The molecular weight excluding hydrogens is 427 g/mol. The summed E-state index contributed by atoms with van der Waals surface area (Å²) in [5.41, 5.74) is 4.53. The normalized spacial score (nSPS) is 10.5. The van der Waals surface area contributed by atoms with E-state index in [0.717, 1.165) is 15.6 Å². The maximum absolute atomic E-state index is 6.12. The average Bonchev–Trinajstić information content (AvgIpc) is 2.59. The van der Waals surface area contributed by atoms with Crippen molar-refractivity contribution in [2.24, 2.45) is 5.10 Å². The number of nitrogens with zero attached hydrogens (tertiary/aromatic N) is 1. The highest BCUT2D eigenvalue weighted by molar-refractivity contribution is 9.10. The molecule has 0 radical (unpaired) electrons. The maximum Gasteiger partial charge on any atom is 0.176 e. The summed E-state index contributed by atoms with van der Waals surface area (Å²) in [6.07, 6.45) is 6.87. The lowest BCUT2D eigenvalue weighted by Crippen LogP contribution is -2.07. The predicted molar refractivity (Wildman–Crippen MR) is 106 cm³/mol. The molecule has 7 heteroatoms. The number of hydrazone groups is 1. The second-order valence-corrected chi connectivity index (χ2v) is 6.49. The van der Waals surface area contributed by atoms with Crippen LogP contribution in [0.15, 0.2) is 39.9 Å². The number of nitrogens with one attached hydrogen (secondary N) is 1. The summed E-state index contributed by atoms with van der Waals surface area (Å²) >= 11 is 15.7. The minimum Gasteiger partial charge on any atom is -0.493 e. The maximum atomic E-state index is 6.12. The minimum absolute atomic E-state index is 0.155. The Morgan fingerprint density at radius 3 is 2.68 bits per heavy atom. The van der Waals surface area contributed by atoms with E-state index in [1.54, 1.807) is 37.6 Å². The van der Waals surface area contributed by atoms with Crippen molar-refractivity contribution in [3.8, 4) is 23.8 Å². The van der Waals surface area contributed by atoms with Gasteiger partial charge in [-0.3, -0.25) is 0 Å². The topological polar surface area (TPSA) is 42.8 Å². The summed E-state index contributed by atoms with van der Waals surface area (Å²) in [4.78, 5) is 0. The average molecular weight is 442 g/mol. The molecular formula is C18H15BrCl2N2O2. The van der Waals surface area contributed by atoms with Gasteiger partial charge in [0.15, 0.2) is 11.5 Å². The fourth-order valence-corrected chi connectivity index (χ4v) is 3.12. The van der Waals surface area contributed by atoms with Crippen LogP contribution < -0.4 is 14.9 Å². The lowest BCUT2D eigenvalue weighted by Gasteiger charge is -2.11. The fraction of sp³-hybridized carbons (Fsp3) is 0.167. The van der Waals surface area contributed by atoms with Gasteiger partial charge in [0.05, 0.1) is 24.3 Å². The molecule has 0 aromatic heterocycles. The lowest BCUT2D eigenvalue weighted by atomic mass is 10.2. The fourth-order valence-electron chi connectivity index (χ4n) is 2.01. The molecule has 0 atom stereocenters. The predicted octanol–water partition coefficient (Wildman–Crippen LogP) is 4.90. The molecule has 2 aromatic carbocycles. The van der Waals surface area contributed by atoms with Gasteiger partial charge in [-0.1, -0.05) is 35.2 Å². The van der Waals surface area contributed by atoms with E-state index in [-0.39, 0.29) is 6.61 Å². The third-order valence-electron chi connectivity index (χ3n) is 3.17. The molecule has 0 spiro atoms. The zero-order valence-corrected chi connectivity index (χ0v) is 16.5. The highest BCUT2D eigenvalue weighted by Gasteiger charge is 2.11. The second-order valence-electron chi connectivity index (χ2n) is 4.82. The van der Waals surface area contributed by atoms with Crippen molar-refractivity contribution < 1.29 is 9.47 Å².